The van der Waals surface area contributed by atoms with Gasteiger partial charge < -0.3 is 19.4 Å². The monoisotopic (exact) mass is 872 g/mol. The first-order chi connectivity index (χ1) is 30.3. The maximum absolute atomic E-state index is 9.00. The van der Waals surface area contributed by atoms with Crippen LogP contribution in [0.3, 0.4) is 0 Å². The second-order valence-corrected chi connectivity index (χ2v) is 22.2. The first-order valence-electron chi connectivity index (χ1n) is 23.0. The molecule has 340 valence electrons. The molecular formula is C54H78FN7Si. The Labute approximate surface area is 382 Å². The number of nitrogens with zero attached hydrogens (tertiary/aromatic N) is 5. The van der Waals surface area contributed by atoms with E-state index in [9.17, 15) is 0 Å². The zero-order valence-electron chi connectivity index (χ0n) is 40.8. The molecule has 0 saturated carbocycles. The van der Waals surface area contributed by atoms with Crippen molar-refractivity contribution in [2.24, 2.45) is 13.0 Å². The number of anilines is 2. The van der Waals surface area contributed by atoms with Gasteiger partial charge in [-0.3, -0.25) is 0 Å². The molecule has 63 heavy (non-hydrogen) atoms. The van der Waals surface area contributed by atoms with E-state index in [-0.39, 0.29) is 0 Å². The highest BCUT2D eigenvalue weighted by atomic mass is 28.3. The van der Waals surface area contributed by atoms with Crippen LogP contribution >= 0.6 is 0 Å². The van der Waals surface area contributed by atoms with Gasteiger partial charge in [0.25, 0.3) is 0 Å². The number of hydrogen-bond donors (Lipinski definition) is 2. The molecule has 0 bridgehead atoms. The van der Waals surface area contributed by atoms with Gasteiger partial charge >= 0.3 is 0 Å². The number of fused-ring (bicyclic) bond motifs is 2. The van der Waals surface area contributed by atoms with Crippen molar-refractivity contribution >= 4 is 41.5 Å². The molecule has 0 saturated heterocycles. The second kappa shape index (κ2) is 29.1. The zero-order chi connectivity index (χ0) is 46.8. The van der Waals surface area contributed by atoms with Crippen LogP contribution in [-0.4, -0.2) is 55.8 Å². The summed E-state index contributed by atoms with van der Waals surface area (Å²) >= 11 is 0. The summed E-state index contributed by atoms with van der Waals surface area (Å²) < 4.78 is 11.1. The molecule has 7 nitrogen and oxygen atoms in total. The number of H-pyrrole nitrogens is 1. The molecule has 6 aromatic rings. The maximum atomic E-state index is 9.00. The standard InChI is InChI=1S/C21H25N3Si.C17H15N3.2C8H18.FH2N/c1-23(2)19-9-7-16(8-10-19)18-13-20-17(11-12-25(4,5)6)15-24(3)21(20)22-14-18;1-4-12-10-18-17-16(12)9-14(11-19-17)13-5-7-15(8-6-13)20(2)3;2*1-3-5-7-8-6-4-2;1-2/h7-10,13-15H,1-6H3;1,5-11H,2-3H3,(H,18,19);2*3-8H2,1-2H3;2H2. The van der Waals surface area contributed by atoms with Gasteiger partial charge in [0.2, 0.25) is 0 Å². The van der Waals surface area contributed by atoms with Crippen LogP contribution < -0.4 is 15.8 Å². The normalized spacial score (nSPS) is 10.4. The number of pyridine rings is 2. The number of aryl methyl sites for hydroxylation is 1. The Kier molecular flexibility index (Phi) is 24.8. The van der Waals surface area contributed by atoms with Crippen molar-refractivity contribution in [3.8, 4) is 46.1 Å². The zero-order valence-corrected chi connectivity index (χ0v) is 41.8. The Morgan fingerprint density at radius 2 is 1.06 bits per heavy atom. The minimum absolute atomic E-state index is 0.826. The van der Waals surface area contributed by atoms with E-state index >= 15 is 0 Å². The Bertz CT molecular complexity index is 2260. The third-order valence-electron chi connectivity index (χ3n) is 10.4. The average Bonchev–Trinajstić information content (AvgIpc) is 3.86. The summed E-state index contributed by atoms with van der Waals surface area (Å²) in [5.41, 5.74) is 14.1. The number of nitrogens with one attached hydrogen (secondary N) is 1. The van der Waals surface area contributed by atoms with Gasteiger partial charge in [0, 0.05) is 93.3 Å². The van der Waals surface area contributed by atoms with Crippen LogP contribution in [0, 0.1) is 23.8 Å². The number of nitrogens with two attached hydrogens (primary N) is 1. The lowest BCUT2D eigenvalue weighted by molar-refractivity contribution is 0.530. The van der Waals surface area contributed by atoms with E-state index in [2.05, 4.69) is 181 Å². The SMILES string of the molecule is C#Cc1c[nH]c2ncc(-c3ccc(N(C)C)cc3)cc12.CCCCCCCC.CCCCCCCC.CN(C)c1ccc(-c2cnc3c(c2)c(C#C[Si](C)(C)C)cn3C)cc1.NF. The van der Waals surface area contributed by atoms with E-state index < -0.39 is 8.07 Å². The van der Waals surface area contributed by atoms with Crippen LogP contribution in [0.5, 0.6) is 0 Å². The highest BCUT2D eigenvalue weighted by Gasteiger charge is 2.12. The van der Waals surface area contributed by atoms with Gasteiger partial charge in [-0.05, 0) is 47.5 Å². The topological polar surface area (TPSA) is 79.0 Å². The predicted octanol–water partition coefficient (Wildman–Crippen LogP) is 14.4. The molecule has 0 aliphatic rings. The molecule has 0 fully saturated rings. The first kappa shape index (κ1) is 53.8. The number of halogens is 1. The van der Waals surface area contributed by atoms with Crippen molar-refractivity contribution < 1.29 is 4.48 Å². The lowest BCUT2D eigenvalue weighted by atomic mass is 10.1. The van der Waals surface area contributed by atoms with Gasteiger partial charge in [-0.15, -0.1) is 16.4 Å². The molecule has 0 atom stereocenters. The quantitative estimate of drug-likeness (QED) is 0.0493. The number of terminal acetylenes is 1. The Morgan fingerprint density at radius 3 is 1.46 bits per heavy atom. The fraction of sp³-hybridized carbons (Fsp3) is 0.444. The van der Waals surface area contributed by atoms with E-state index in [1.54, 1.807) is 0 Å². The lowest BCUT2D eigenvalue weighted by Gasteiger charge is -2.12. The van der Waals surface area contributed by atoms with Crippen LogP contribution in [0.4, 0.5) is 15.9 Å². The molecule has 0 amide bonds. The van der Waals surface area contributed by atoms with Gasteiger partial charge in [-0.2, -0.15) is 5.96 Å². The van der Waals surface area contributed by atoms with Gasteiger partial charge in [-0.1, -0.05) is 160 Å². The molecule has 0 aliphatic carbocycles. The number of aromatic nitrogens is 4. The number of rotatable bonds is 14. The lowest BCUT2D eigenvalue weighted by Crippen LogP contribution is -2.16. The maximum Gasteiger partial charge on any atom is 0.140 e. The molecule has 0 spiro atoms. The fourth-order valence-corrected chi connectivity index (χ4v) is 7.17. The summed E-state index contributed by atoms with van der Waals surface area (Å²) in [6.07, 6.45) is 30.2. The van der Waals surface area contributed by atoms with Crippen molar-refractivity contribution in [1.82, 2.24) is 19.5 Å². The molecular weight excluding hydrogens is 794 g/mol. The van der Waals surface area contributed by atoms with Crippen LogP contribution in [0.1, 0.15) is 116 Å². The summed E-state index contributed by atoms with van der Waals surface area (Å²) in [5.74, 6) is 9.07. The van der Waals surface area contributed by atoms with E-state index in [1.807, 2.05) is 39.7 Å². The van der Waals surface area contributed by atoms with Crippen LogP contribution in [0.25, 0.3) is 44.3 Å². The van der Waals surface area contributed by atoms with E-state index in [0.717, 1.165) is 49.9 Å². The minimum Gasteiger partial charge on any atom is -0.378 e. The summed E-state index contributed by atoms with van der Waals surface area (Å²) in [4.78, 5) is 16.4. The van der Waals surface area contributed by atoms with Gasteiger partial charge in [0.05, 0.1) is 11.1 Å². The Morgan fingerprint density at radius 1 is 0.635 bits per heavy atom. The second-order valence-electron chi connectivity index (χ2n) is 17.4. The van der Waals surface area contributed by atoms with Crippen molar-refractivity contribution in [2.45, 2.75) is 124 Å². The summed E-state index contributed by atoms with van der Waals surface area (Å²) in [6, 6.07) is 21.2. The largest absolute Gasteiger partial charge is 0.378 e. The number of benzene rings is 2. The third kappa shape index (κ3) is 18.5. The fourth-order valence-electron chi connectivity index (χ4n) is 6.67. The number of unbranched alkanes of at least 4 members (excludes halogenated alkanes) is 10. The van der Waals surface area contributed by atoms with Crippen molar-refractivity contribution in [1.29, 1.82) is 0 Å². The highest BCUT2D eigenvalue weighted by Crippen LogP contribution is 2.28. The molecule has 4 heterocycles. The molecule has 4 aromatic heterocycles. The summed E-state index contributed by atoms with van der Waals surface area (Å²) in [7, 11) is 8.78. The van der Waals surface area contributed by atoms with Crippen molar-refractivity contribution in [3.63, 3.8) is 0 Å². The minimum atomic E-state index is -1.41. The van der Waals surface area contributed by atoms with Gasteiger partial charge in [-0.25, -0.2) is 9.97 Å². The number of hydrogen-bond acceptors (Lipinski definition) is 5. The molecule has 6 rings (SSSR count). The molecule has 3 N–H and O–H groups in total. The molecule has 2 aromatic carbocycles. The Hall–Kier alpha value is -5.35. The molecule has 0 radical (unpaired) electrons. The van der Waals surface area contributed by atoms with Crippen LogP contribution in [0.15, 0.2) is 85.5 Å². The Balaban J connectivity index is 0.000000319. The van der Waals surface area contributed by atoms with Crippen LogP contribution in [0.2, 0.25) is 19.6 Å². The molecule has 0 aliphatic heterocycles. The molecule has 0 unspecified atom stereocenters. The van der Waals surface area contributed by atoms with E-state index in [1.165, 1.54) is 94.0 Å². The van der Waals surface area contributed by atoms with Gasteiger partial charge in [0.1, 0.15) is 19.4 Å². The summed E-state index contributed by atoms with van der Waals surface area (Å²) in [5, 5.41) is 2.11. The van der Waals surface area contributed by atoms with Crippen LogP contribution in [-0.2, 0) is 7.05 Å². The molecule has 9 heteroatoms. The van der Waals surface area contributed by atoms with Crippen molar-refractivity contribution in [3.05, 3.63) is 96.6 Å². The van der Waals surface area contributed by atoms with Gasteiger partial charge in [0.15, 0.2) is 0 Å². The smallest absolute Gasteiger partial charge is 0.140 e. The first-order valence-corrected chi connectivity index (χ1v) is 26.5. The number of aromatic amines is 1. The van der Waals surface area contributed by atoms with E-state index in [0.29, 0.717) is 0 Å². The van der Waals surface area contributed by atoms with E-state index in [4.69, 9.17) is 10.9 Å². The predicted molar refractivity (Wildman–Crippen MR) is 278 cm³/mol. The third-order valence-corrected chi connectivity index (χ3v) is 11.3. The summed E-state index contributed by atoms with van der Waals surface area (Å²) in [6.45, 7) is 15.8. The average molecular weight is 872 g/mol. The highest BCUT2D eigenvalue weighted by molar-refractivity contribution is 6.83. The van der Waals surface area contributed by atoms with Crippen molar-refractivity contribution in [2.75, 3.05) is 38.0 Å².